The molecule has 0 saturated heterocycles. The van der Waals surface area contributed by atoms with E-state index in [2.05, 4.69) is 103 Å². The van der Waals surface area contributed by atoms with Crippen molar-refractivity contribution in [3.8, 4) is 22.6 Å². The molecule has 4 aromatic rings. The summed E-state index contributed by atoms with van der Waals surface area (Å²) in [6, 6.07) is 19.0. The van der Waals surface area contributed by atoms with Gasteiger partial charge in [0.1, 0.15) is 22.5 Å². The number of aromatic hydroxyl groups is 1. The summed E-state index contributed by atoms with van der Waals surface area (Å²) in [5, 5.41) is 21.3. The standard InChI is InChI=1S/C36H47N3O/c1-8-10-12-13-16-26-17-14-19-27(22-26)30-20-15-21-31-33(30)38-39(37-31)32-24-29(36(6,7)25-35(3,4)5)23-28(34(32)40)18-11-9-2/h13-17,19-24,40H,8-12,18,25H2,1-7H3. The van der Waals surface area contributed by atoms with Gasteiger partial charge in [-0.15, -0.1) is 15.0 Å². The van der Waals surface area contributed by atoms with Gasteiger partial charge in [0, 0.05) is 5.56 Å². The molecule has 0 amide bonds. The van der Waals surface area contributed by atoms with E-state index >= 15 is 0 Å². The third kappa shape index (κ3) is 7.02. The van der Waals surface area contributed by atoms with E-state index in [-0.39, 0.29) is 16.6 Å². The van der Waals surface area contributed by atoms with E-state index < -0.39 is 0 Å². The second-order valence-corrected chi connectivity index (χ2v) is 13.1. The Bertz CT molecular complexity index is 1470. The predicted octanol–water partition coefficient (Wildman–Crippen LogP) is 10.1. The Labute approximate surface area is 241 Å². The molecule has 1 N–H and O–H groups in total. The number of aromatic nitrogens is 3. The van der Waals surface area contributed by atoms with Crippen LogP contribution in [0.2, 0.25) is 0 Å². The topological polar surface area (TPSA) is 50.9 Å². The Kier molecular flexibility index (Phi) is 9.18. The number of fused-ring (bicyclic) bond motifs is 1. The number of phenolic OH excluding ortho intramolecular Hbond substituents is 1. The Balaban J connectivity index is 1.80. The summed E-state index contributed by atoms with van der Waals surface area (Å²) in [6.07, 6.45) is 11.9. The van der Waals surface area contributed by atoms with Crippen LogP contribution in [0.5, 0.6) is 5.75 Å². The lowest BCUT2D eigenvalue weighted by molar-refractivity contribution is 0.283. The van der Waals surface area contributed by atoms with Crippen LogP contribution in [0.1, 0.15) is 104 Å². The molecule has 0 aliphatic rings. The van der Waals surface area contributed by atoms with Crippen LogP contribution in [0.3, 0.4) is 0 Å². The first-order valence-corrected chi connectivity index (χ1v) is 15.0. The van der Waals surface area contributed by atoms with Crippen molar-refractivity contribution in [2.75, 3.05) is 0 Å². The van der Waals surface area contributed by atoms with E-state index in [9.17, 15) is 5.11 Å². The number of phenols is 1. The fraction of sp³-hybridized carbons (Fsp3) is 0.444. The smallest absolute Gasteiger partial charge is 0.146 e. The Morgan fingerprint density at radius 3 is 2.35 bits per heavy atom. The molecule has 1 heterocycles. The third-order valence-electron chi connectivity index (χ3n) is 7.58. The number of nitrogens with zero attached hydrogens (tertiary/aromatic N) is 3. The summed E-state index contributed by atoms with van der Waals surface area (Å²) in [5.41, 5.74) is 7.95. The zero-order valence-corrected chi connectivity index (χ0v) is 25.6. The van der Waals surface area contributed by atoms with Crippen molar-refractivity contribution >= 4 is 17.1 Å². The molecule has 0 fully saturated rings. The quantitative estimate of drug-likeness (QED) is 0.194. The van der Waals surface area contributed by atoms with Crippen molar-refractivity contribution in [1.29, 1.82) is 0 Å². The van der Waals surface area contributed by atoms with Crippen LogP contribution in [0.4, 0.5) is 0 Å². The fourth-order valence-electron chi connectivity index (χ4n) is 5.83. The molecule has 4 nitrogen and oxygen atoms in total. The zero-order valence-electron chi connectivity index (χ0n) is 25.6. The summed E-state index contributed by atoms with van der Waals surface area (Å²) in [7, 11) is 0. The molecule has 0 aliphatic heterocycles. The molecule has 0 radical (unpaired) electrons. The van der Waals surface area contributed by atoms with Gasteiger partial charge in [-0.1, -0.05) is 116 Å². The first-order valence-electron chi connectivity index (χ1n) is 15.0. The highest BCUT2D eigenvalue weighted by atomic mass is 16.3. The predicted molar refractivity (Wildman–Crippen MR) is 170 cm³/mol. The highest BCUT2D eigenvalue weighted by molar-refractivity contribution is 5.91. The highest BCUT2D eigenvalue weighted by Gasteiger charge is 2.29. The largest absolute Gasteiger partial charge is 0.505 e. The molecular weight excluding hydrogens is 490 g/mol. The first-order chi connectivity index (χ1) is 19.0. The second-order valence-electron chi connectivity index (χ2n) is 13.1. The van der Waals surface area contributed by atoms with Crippen LogP contribution in [-0.4, -0.2) is 20.1 Å². The van der Waals surface area contributed by atoms with E-state index in [0.29, 0.717) is 5.69 Å². The number of hydrogen-bond acceptors (Lipinski definition) is 3. The van der Waals surface area contributed by atoms with Crippen LogP contribution < -0.4 is 0 Å². The number of unbranched alkanes of at least 4 members (excludes halogenated alkanes) is 3. The summed E-state index contributed by atoms with van der Waals surface area (Å²) < 4.78 is 0. The van der Waals surface area contributed by atoms with Crippen LogP contribution in [0.15, 0.2) is 60.7 Å². The Hall–Kier alpha value is -3.40. The molecule has 212 valence electrons. The summed E-state index contributed by atoms with van der Waals surface area (Å²) in [4.78, 5) is 1.64. The minimum atomic E-state index is -0.0650. The van der Waals surface area contributed by atoms with Crippen molar-refractivity contribution in [3.63, 3.8) is 0 Å². The minimum Gasteiger partial charge on any atom is -0.505 e. The van der Waals surface area contributed by atoms with Crippen molar-refractivity contribution in [2.45, 2.75) is 98.8 Å². The minimum absolute atomic E-state index is 0.0650. The van der Waals surface area contributed by atoms with E-state index in [1.54, 1.807) is 4.80 Å². The van der Waals surface area contributed by atoms with Gasteiger partial charge in [0.15, 0.2) is 0 Å². The van der Waals surface area contributed by atoms with Crippen molar-refractivity contribution in [3.05, 3.63) is 77.4 Å². The lowest BCUT2D eigenvalue weighted by Crippen LogP contribution is -2.25. The SMILES string of the molecule is CCCCC=Cc1cccc(-c2cccc3nn(-c4cc(C(C)(C)CC(C)(C)C)cc(CCCC)c4O)nc23)c1. The van der Waals surface area contributed by atoms with E-state index in [0.717, 1.165) is 59.8 Å². The molecule has 0 saturated carbocycles. The van der Waals surface area contributed by atoms with Gasteiger partial charge in [-0.05, 0) is 77.0 Å². The maximum Gasteiger partial charge on any atom is 0.146 e. The van der Waals surface area contributed by atoms with Gasteiger partial charge in [-0.3, -0.25) is 0 Å². The molecule has 0 spiro atoms. The van der Waals surface area contributed by atoms with Crippen molar-refractivity contribution in [2.24, 2.45) is 5.41 Å². The van der Waals surface area contributed by atoms with Gasteiger partial charge in [-0.2, -0.15) is 0 Å². The van der Waals surface area contributed by atoms with Gasteiger partial charge in [0.25, 0.3) is 0 Å². The Morgan fingerprint density at radius 1 is 0.875 bits per heavy atom. The molecule has 0 aliphatic carbocycles. The number of aryl methyl sites for hydroxylation is 1. The van der Waals surface area contributed by atoms with Crippen LogP contribution in [-0.2, 0) is 11.8 Å². The molecule has 4 rings (SSSR count). The molecule has 3 aromatic carbocycles. The maximum absolute atomic E-state index is 11.5. The molecule has 0 unspecified atom stereocenters. The normalized spacial score (nSPS) is 12.6. The molecule has 0 bridgehead atoms. The van der Waals surface area contributed by atoms with Gasteiger partial charge >= 0.3 is 0 Å². The number of allylic oxidation sites excluding steroid dienone is 1. The van der Waals surface area contributed by atoms with Crippen LogP contribution in [0, 0.1) is 5.41 Å². The molecule has 40 heavy (non-hydrogen) atoms. The van der Waals surface area contributed by atoms with Crippen molar-refractivity contribution < 1.29 is 5.11 Å². The fourth-order valence-corrected chi connectivity index (χ4v) is 5.83. The zero-order chi connectivity index (χ0) is 28.9. The second kappa shape index (κ2) is 12.4. The highest BCUT2D eigenvalue weighted by Crippen LogP contribution is 2.40. The number of rotatable bonds is 11. The van der Waals surface area contributed by atoms with E-state index in [1.165, 1.54) is 24.0 Å². The van der Waals surface area contributed by atoms with Crippen molar-refractivity contribution in [1.82, 2.24) is 15.0 Å². The van der Waals surface area contributed by atoms with E-state index in [4.69, 9.17) is 10.2 Å². The maximum atomic E-state index is 11.5. The lowest BCUT2D eigenvalue weighted by Gasteiger charge is -2.33. The molecule has 1 aromatic heterocycles. The average molecular weight is 538 g/mol. The van der Waals surface area contributed by atoms with Gasteiger partial charge in [0.2, 0.25) is 0 Å². The monoisotopic (exact) mass is 537 g/mol. The molecule has 4 heteroatoms. The number of benzene rings is 3. The number of hydrogen-bond donors (Lipinski definition) is 1. The lowest BCUT2D eigenvalue weighted by atomic mass is 9.72. The summed E-state index contributed by atoms with van der Waals surface area (Å²) >= 11 is 0. The summed E-state index contributed by atoms with van der Waals surface area (Å²) in [6.45, 7) is 15.9. The van der Waals surface area contributed by atoms with Gasteiger partial charge in [0.05, 0.1) is 0 Å². The third-order valence-corrected chi connectivity index (χ3v) is 7.58. The van der Waals surface area contributed by atoms with Gasteiger partial charge in [-0.25, -0.2) is 0 Å². The van der Waals surface area contributed by atoms with E-state index in [1.807, 2.05) is 12.1 Å². The molecular formula is C36H47N3O. The van der Waals surface area contributed by atoms with Gasteiger partial charge < -0.3 is 5.11 Å². The van der Waals surface area contributed by atoms with Crippen LogP contribution in [0.25, 0.3) is 33.9 Å². The average Bonchev–Trinajstić information content (AvgIpc) is 3.33. The van der Waals surface area contributed by atoms with Crippen LogP contribution >= 0.6 is 0 Å². The summed E-state index contributed by atoms with van der Waals surface area (Å²) in [5.74, 6) is 0.282. The first kappa shape index (κ1) is 29.6. The molecule has 0 atom stereocenters. The Morgan fingerprint density at radius 2 is 1.62 bits per heavy atom.